The molecule has 0 unspecified atom stereocenters. The fourth-order valence-corrected chi connectivity index (χ4v) is 5.90. The third-order valence-corrected chi connectivity index (χ3v) is 8.96. The Morgan fingerprint density at radius 3 is 2.60 bits per heavy atom. The standard InChI is InChI=1S/C33H45FN4O5/c1-21-5-10-26(39)19-30(40)43-31(22(2)6-12-29(21)42-33(41)37-15-13-36(4)14-16-37)23(3)17-25-9-11-27-28(18-25)38(35-32(27)34)20-24-7-8-24/h6,9,11-12,17-18,21-22,24,26,29,31,39H,5,7-8,10,13-16,19-20H2,1-4H3/b12-6-,23-17+/t21-,22-,26+,29-,31-/m0/s1. The number of fused-ring (bicyclic) bond motifs is 1. The van der Waals surface area contributed by atoms with Gasteiger partial charge in [0.1, 0.15) is 12.2 Å². The topological polar surface area (TPSA) is 97.1 Å². The van der Waals surface area contributed by atoms with E-state index in [1.54, 1.807) is 15.6 Å². The number of rotatable bonds is 5. The first-order valence-electron chi connectivity index (χ1n) is 15.6. The minimum atomic E-state index is -0.850. The second kappa shape index (κ2) is 13.6. The molecule has 1 N–H and O–H groups in total. The van der Waals surface area contributed by atoms with Gasteiger partial charge < -0.3 is 24.4 Å². The molecule has 9 nitrogen and oxygen atoms in total. The smallest absolute Gasteiger partial charge is 0.410 e. The maximum Gasteiger partial charge on any atom is 0.410 e. The van der Waals surface area contributed by atoms with Crippen molar-refractivity contribution in [2.24, 2.45) is 17.8 Å². The Kier molecular flexibility index (Phi) is 9.86. The number of aliphatic hydroxyl groups is 1. The van der Waals surface area contributed by atoms with E-state index in [0.29, 0.717) is 43.8 Å². The molecule has 2 fully saturated rings. The van der Waals surface area contributed by atoms with Crippen molar-refractivity contribution >= 4 is 29.0 Å². The number of aliphatic hydroxyl groups excluding tert-OH is 1. The summed E-state index contributed by atoms with van der Waals surface area (Å²) in [7, 11) is 2.04. The maximum atomic E-state index is 14.5. The molecule has 2 aromatic rings. The number of nitrogens with zero attached hydrogens (tertiary/aromatic N) is 4. The van der Waals surface area contributed by atoms with Gasteiger partial charge in [-0.25, -0.2) is 4.79 Å². The Morgan fingerprint density at radius 1 is 1.14 bits per heavy atom. The quantitative estimate of drug-likeness (QED) is 0.382. The summed E-state index contributed by atoms with van der Waals surface area (Å²) in [6.45, 7) is 9.43. The first-order valence-corrected chi connectivity index (χ1v) is 15.6. The lowest BCUT2D eigenvalue weighted by Gasteiger charge is -2.33. The van der Waals surface area contributed by atoms with Gasteiger partial charge in [-0.3, -0.25) is 9.48 Å². The zero-order valence-corrected chi connectivity index (χ0v) is 25.7. The number of likely N-dealkylation sites (N-methyl/N-ethyl adjacent to an activating group) is 1. The number of aromatic nitrogens is 2. The lowest BCUT2D eigenvalue weighted by molar-refractivity contribution is -0.151. The number of hydrogen-bond acceptors (Lipinski definition) is 7. The Bertz CT molecular complexity index is 1360. The molecule has 0 bridgehead atoms. The summed E-state index contributed by atoms with van der Waals surface area (Å²) in [5, 5.41) is 15.2. The molecule has 0 radical (unpaired) electrons. The first-order chi connectivity index (χ1) is 20.6. The highest BCUT2D eigenvalue weighted by Gasteiger charge is 2.29. The average Bonchev–Trinajstić information content (AvgIpc) is 3.74. The lowest BCUT2D eigenvalue weighted by Crippen LogP contribution is -2.48. The Hall–Kier alpha value is -3.24. The molecule has 1 saturated heterocycles. The molecule has 3 heterocycles. The van der Waals surface area contributed by atoms with Crippen LogP contribution in [0.4, 0.5) is 9.18 Å². The van der Waals surface area contributed by atoms with Crippen LogP contribution in [0.5, 0.6) is 0 Å². The molecule has 1 aromatic heterocycles. The van der Waals surface area contributed by atoms with Crippen molar-refractivity contribution < 1.29 is 28.6 Å². The molecule has 0 spiro atoms. The van der Waals surface area contributed by atoms with E-state index < -0.39 is 30.2 Å². The van der Waals surface area contributed by atoms with Gasteiger partial charge >= 0.3 is 12.1 Å². The van der Waals surface area contributed by atoms with Crippen LogP contribution in [0.3, 0.4) is 0 Å². The van der Waals surface area contributed by atoms with Crippen LogP contribution in [-0.2, 0) is 20.8 Å². The molecule has 1 aliphatic carbocycles. The van der Waals surface area contributed by atoms with Gasteiger partial charge in [0, 0.05) is 38.6 Å². The van der Waals surface area contributed by atoms with Crippen LogP contribution in [0, 0.1) is 23.7 Å². The lowest BCUT2D eigenvalue weighted by atomic mass is 9.91. The summed E-state index contributed by atoms with van der Waals surface area (Å²) in [6.07, 6.45) is 6.70. The van der Waals surface area contributed by atoms with Crippen molar-refractivity contribution in [3.63, 3.8) is 0 Å². The SMILES string of the molecule is C/C(=C\c1ccc2c(F)nn(CC3CC3)c2c1)[C@H]1OC(=O)C[C@H](O)CC[C@H](C)[C@@H](OC(=O)N2CCN(C)CC2)/C=C\[C@@H]1C. The third kappa shape index (κ3) is 8.03. The molecular weight excluding hydrogens is 551 g/mol. The van der Waals surface area contributed by atoms with E-state index in [0.717, 1.165) is 42.6 Å². The average molecular weight is 597 g/mol. The van der Waals surface area contributed by atoms with E-state index in [9.17, 15) is 19.1 Å². The van der Waals surface area contributed by atoms with Crippen LogP contribution in [0.1, 0.15) is 58.4 Å². The van der Waals surface area contributed by atoms with E-state index in [2.05, 4.69) is 10.00 Å². The molecule has 5 rings (SSSR count). The van der Waals surface area contributed by atoms with Gasteiger partial charge in [-0.2, -0.15) is 4.39 Å². The van der Waals surface area contributed by atoms with Crippen molar-refractivity contribution in [3.05, 3.63) is 47.4 Å². The third-order valence-electron chi connectivity index (χ3n) is 8.96. The first kappa shape index (κ1) is 31.2. The second-order valence-electron chi connectivity index (χ2n) is 12.8. The molecule has 3 aliphatic rings. The van der Waals surface area contributed by atoms with E-state index in [1.807, 2.05) is 58.2 Å². The van der Waals surface area contributed by atoms with Crippen molar-refractivity contribution in [1.29, 1.82) is 0 Å². The number of cyclic esters (lactones) is 1. The van der Waals surface area contributed by atoms with Crippen LogP contribution in [0.2, 0.25) is 0 Å². The van der Waals surface area contributed by atoms with E-state index >= 15 is 0 Å². The van der Waals surface area contributed by atoms with E-state index in [4.69, 9.17) is 9.47 Å². The van der Waals surface area contributed by atoms with Gasteiger partial charge in [0.15, 0.2) is 0 Å². The Balaban J connectivity index is 1.38. The summed E-state index contributed by atoms with van der Waals surface area (Å²) < 4.78 is 28.2. The zero-order chi connectivity index (χ0) is 30.7. The number of carbonyl (C=O) groups excluding carboxylic acids is 2. The van der Waals surface area contributed by atoms with Gasteiger partial charge in [-0.1, -0.05) is 32.1 Å². The van der Waals surface area contributed by atoms with Crippen LogP contribution < -0.4 is 0 Å². The predicted molar refractivity (Wildman–Crippen MR) is 163 cm³/mol. The molecule has 2 aliphatic heterocycles. The fraction of sp³-hybridized carbons (Fsp3) is 0.606. The van der Waals surface area contributed by atoms with Gasteiger partial charge in [-0.15, -0.1) is 5.10 Å². The monoisotopic (exact) mass is 596 g/mol. The number of halogens is 1. The summed E-state index contributed by atoms with van der Waals surface area (Å²) in [5.74, 6) is -0.667. The van der Waals surface area contributed by atoms with Crippen LogP contribution in [0.25, 0.3) is 17.0 Å². The maximum absolute atomic E-state index is 14.5. The van der Waals surface area contributed by atoms with Crippen molar-refractivity contribution in [1.82, 2.24) is 19.6 Å². The largest absolute Gasteiger partial charge is 0.457 e. The van der Waals surface area contributed by atoms with Gasteiger partial charge in [0.05, 0.1) is 23.4 Å². The molecular formula is C33H45FN4O5. The number of amides is 1. The summed E-state index contributed by atoms with van der Waals surface area (Å²) in [6, 6.07) is 5.51. The van der Waals surface area contributed by atoms with Crippen LogP contribution in [0.15, 0.2) is 35.9 Å². The predicted octanol–water partition coefficient (Wildman–Crippen LogP) is 5.03. The number of piperazine rings is 1. The second-order valence-corrected chi connectivity index (χ2v) is 12.8. The Labute approximate surface area is 253 Å². The number of carbonyl (C=O) groups is 2. The minimum absolute atomic E-state index is 0.0485. The van der Waals surface area contributed by atoms with Crippen molar-refractivity contribution in [2.45, 2.75) is 77.7 Å². The molecule has 1 aromatic carbocycles. The molecule has 10 heteroatoms. The summed E-state index contributed by atoms with van der Waals surface area (Å²) in [5.41, 5.74) is 2.41. The molecule has 1 amide bonds. The van der Waals surface area contributed by atoms with Crippen molar-refractivity contribution in [2.75, 3.05) is 33.2 Å². The van der Waals surface area contributed by atoms with E-state index in [-0.39, 0.29) is 24.3 Å². The molecule has 43 heavy (non-hydrogen) atoms. The highest BCUT2D eigenvalue weighted by molar-refractivity contribution is 5.82. The minimum Gasteiger partial charge on any atom is -0.457 e. The molecule has 234 valence electrons. The van der Waals surface area contributed by atoms with Gasteiger partial charge in [0.2, 0.25) is 5.95 Å². The van der Waals surface area contributed by atoms with Crippen LogP contribution in [-0.4, -0.2) is 88.3 Å². The Morgan fingerprint density at radius 2 is 1.88 bits per heavy atom. The fourth-order valence-electron chi connectivity index (χ4n) is 5.90. The number of hydrogen-bond donors (Lipinski definition) is 1. The van der Waals surface area contributed by atoms with Gasteiger partial charge in [-0.05, 0) is 80.8 Å². The molecule has 1 saturated carbocycles. The van der Waals surface area contributed by atoms with Crippen LogP contribution >= 0.6 is 0 Å². The normalized spacial score (nSPS) is 29.1. The van der Waals surface area contributed by atoms with E-state index in [1.165, 1.54) is 0 Å². The van der Waals surface area contributed by atoms with Gasteiger partial charge in [0.25, 0.3) is 0 Å². The highest BCUT2D eigenvalue weighted by Crippen LogP contribution is 2.32. The number of ether oxygens (including phenoxy) is 2. The summed E-state index contributed by atoms with van der Waals surface area (Å²) in [4.78, 5) is 29.8. The number of esters is 1. The number of benzene rings is 1. The molecule has 5 atom stereocenters. The highest BCUT2D eigenvalue weighted by atomic mass is 19.1. The zero-order valence-electron chi connectivity index (χ0n) is 25.7. The van der Waals surface area contributed by atoms with Crippen molar-refractivity contribution in [3.8, 4) is 0 Å². The summed E-state index contributed by atoms with van der Waals surface area (Å²) >= 11 is 0.